The van der Waals surface area contributed by atoms with Crippen molar-refractivity contribution in [3.05, 3.63) is 29.8 Å². The molecule has 0 radical (unpaired) electrons. The summed E-state index contributed by atoms with van der Waals surface area (Å²) in [6.45, 7) is -1.08. The summed E-state index contributed by atoms with van der Waals surface area (Å²) in [6.07, 6.45) is -4.02. The number of carbonyl (C=O) groups excluding carboxylic acids is 2. The van der Waals surface area contributed by atoms with Crippen molar-refractivity contribution in [1.29, 1.82) is 0 Å². The molecule has 2 aliphatic heterocycles. The molecular weight excluding hydrogens is 360 g/mol. The van der Waals surface area contributed by atoms with Crippen molar-refractivity contribution < 1.29 is 39.5 Å². The summed E-state index contributed by atoms with van der Waals surface area (Å²) in [5.74, 6) is -3.33. The average molecular weight is 382 g/mol. The van der Waals surface area contributed by atoms with Gasteiger partial charge in [0.2, 0.25) is 11.7 Å². The number of aliphatic hydroxyl groups is 3. The molecule has 1 amide bonds. The van der Waals surface area contributed by atoms with Crippen LogP contribution < -0.4 is 10.6 Å². The lowest BCUT2D eigenvalue weighted by atomic mass is 10.0. The summed E-state index contributed by atoms with van der Waals surface area (Å²) < 4.78 is 10.2. The van der Waals surface area contributed by atoms with Crippen LogP contribution >= 0.6 is 0 Å². The van der Waals surface area contributed by atoms with E-state index in [0.29, 0.717) is 5.56 Å². The molecule has 148 valence electrons. The number of rotatable bonds is 2. The maximum atomic E-state index is 12.4. The number of fused-ring (bicyclic) bond motifs is 2. The number of phenols is 1. The number of aromatic hydroxyl groups is 1. The predicted molar refractivity (Wildman–Crippen MR) is 89.4 cm³/mol. The minimum Gasteiger partial charge on any atom is -0.508 e. The van der Waals surface area contributed by atoms with E-state index in [9.17, 15) is 30.0 Å². The summed E-state index contributed by atoms with van der Waals surface area (Å²) >= 11 is 0. The van der Waals surface area contributed by atoms with Crippen molar-refractivity contribution in [3.8, 4) is 5.75 Å². The van der Waals surface area contributed by atoms with Gasteiger partial charge in [-0.15, -0.1) is 0 Å². The molecule has 6 N–H and O–H groups in total. The molecule has 0 saturated carbocycles. The van der Waals surface area contributed by atoms with Gasteiger partial charge in [-0.25, -0.2) is 0 Å². The number of esters is 1. The Balaban J connectivity index is 1.79. The summed E-state index contributed by atoms with van der Waals surface area (Å²) in [4.78, 5) is 24.2. The zero-order valence-electron chi connectivity index (χ0n) is 14.4. The first-order valence-corrected chi connectivity index (χ1v) is 8.49. The normalized spacial score (nSPS) is 34.9. The van der Waals surface area contributed by atoms with Gasteiger partial charge in [0.25, 0.3) is 0 Å². The molecule has 0 aliphatic carbocycles. The number of benzene rings is 1. The Morgan fingerprint density at radius 2 is 1.89 bits per heavy atom. The van der Waals surface area contributed by atoms with Crippen molar-refractivity contribution in [2.24, 2.45) is 0 Å². The Bertz CT molecular complexity index is 697. The van der Waals surface area contributed by atoms with Gasteiger partial charge in [0.05, 0.1) is 12.6 Å². The first-order valence-electron chi connectivity index (χ1n) is 8.49. The maximum Gasteiger partial charge on any atom is 0.325 e. The number of carbonyl (C=O) groups is 2. The summed E-state index contributed by atoms with van der Waals surface area (Å²) in [5.41, 5.74) is 0.716. The average Bonchev–Trinajstić information content (AvgIpc) is 2.86. The minimum atomic E-state index is -2.15. The highest BCUT2D eigenvalue weighted by Gasteiger charge is 2.53. The van der Waals surface area contributed by atoms with Crippen LogP contribution in [-0.4, -0.2) is 82.1 Å². The van der Waals surface area contributed by atoms with E-state index in [1.165, 1.54) is 12.1 Å². The molecular formula is C17H22N2O8. The molecule has 0 spiro atoms. The van der Waals surface area contributed by atoms with Crippen LogP contribution in [0.1, 0.15) is 5.56 Å². The Kier molecular flexibility index (Phi) is 5.63. The summed E-state index contributed by atoms with van der Waals surface area (Å²) in [7, 11) is 0. The molecule has 2 heterocycles. The third kappa shape index (κ3) is 4.37. The predicted octanol–water partition coefficient (Wildman–Crippen LogP) is -2.62. The Morgan fingerprint density at radius 1 is 1.19 bits per heavy atom. The van der Waals surface area contributed by atoms with Gasteiger partial charge in [-0.2, -0.15) is 0 Å². The van der Waals surface area contributed by atoms with Crippen LogP contribution in [-0.2, 0) is 25.5 Å². The maximum absolute atomic E-state index is 12.4. The highest BCUT2D eigenvalue weighted by atomic mass is 16.7. The largest absolute Gasteiger partial charge is 0.508 e. The van der Waals surface area contributed by atoms with E-state index in [4.69, 9.17) is 9.47 Å². The highest BCUT2D eigenvalue weighted by Crippen LogP contribution is 2.29. The zero-order valence-corrected chi connectivity index (χ0v) is 14.4. The van der Waals surface area contributed by atoms with Crippen molar-refractivity contribution in [1.82, 2.24) is 10.6 Å². The fourth-order valence-electron chi connectivity index (χ4n) is 3.05. The van der Waals surface area contributed by atoms with E-state index >= 15 is 0 Å². The number of ether oxygens (including phenoxy) is 2. The molecule has 27 heavy (non-hydrogen) atoms. The molecule has 10 nitrogen and oxygen atoms in total. The standard InChI is InChI=1S/C17H22N2O8/c20-10-3-1-9(2-4-10)5-11-16(24)18-6-13(21)26-7-12-14(22)15(23)17(25,27-12)8-19-11/h1-4,11-12,14-15,19-20,22-23,25H,5-8H2,(H,18,24)/t11?,12-,14-,15+,17?/m1/s1. The van der Waals surface area contributed by atoms with E-state index in [0.717, 1.165) is 0 Å². The third-order valence-corrected chi connectivity index (χ3v) is 4.63. The number of hydrogen-bond acceptors (Lipinski definition) is 9. The highest BCUT2D eigenvalue weighted by molar-refractivity contribution is 5.86. The molecule has 0 aromatic heterocycles. The number of amides is 1. The summed E-state index contributed by atoms with van der Waals surface area (Å²) in [5, 5.41) is 45.3. The smallest absolute Gasteiger partial charge is 0.325 e. The SMILES string of the molecule is O=C1CNC(=O)C(Cc2ccc(O)cc2)NCC2(O)O[C@H](CO1)[C@@H](O)[C@@H]2O. The second kappa shape index (κ2) is 7.79. The second-order valence-electron chi connectivity index (χ2n) is 6.64. The zero-order chi connectivity index (χ0) is 19.6. The van der Waals surface area contributed by atoms with Gasteiger partial charge in [0.15, 0.2) is 0 Å². The van der Waals surface area contributed by atoms with E-state index < -0.39 is 42.0 Å². The fraction of sp³-hybridized carbons (Fsp3) is 0.529. The number of nitrogens with one attached hydrogen (secondary N) is 2. The van der Waals surface area contributed by atoms with Crippen LogP contribution in [0.2, 0.25) is 0 Å². The van der Waals surface area contributed by atoms with Crippen LogP contribution in [0.25, 0.3) is 0 Å². The van der Waals surface area contributed by atoms with Crippen molar-refractivity contribution in [3.63, 3.8) is 0 Å². The Labute approximate surface area is 154 Å². The summed E-state index contributed by atoms with van der Waals surface area (Å²) in [6, 6.07) is 5.32. The number of cyclic esters (lactones) is 1. The number of phenolic OH excluding ortho intramolecular Hbond substituents is 1. The number of hydrogen-bond donors (Lipinski definition) is 6. The molecule has 2 unspecified atom stereocenters. The van der Waals surface area contributed by atoms with Gasteiger partial charge in [0, 0.05) is 0 Å². The molecule has 10 heteroatoms. The van der Waals surface area contributed by atoms with Gasteiger partial charge >= 0.3 is 5.97 Å². The lowest BCUT2D eigenvalue weighted by Gasteiger charge is -2.29. The van der Waals surface area contributed by atoms with Crippen molar-refractivity contribution >= 4 is 11.9 Å². The van der Waals surface area contributed by atoms with Crippen LogP contribution in [0.3, 0.4) is 0 Å². The number of β-amino-alcohol motifs (C(OH)–C–C–N with tert-alkyl or cyclic N) is 1. The van der Waals surface area contributed by atoms with Crippen LogP contribution in [0.5, 0.6) is 5.75 Å². The lowest BCUT2D eigenvalue weighted by Crippen LogP contribution is -2.56. The quantitative estimate of drug-likeness (QED) is 0.301. The molecule has 1 aromatic carbocycles. The third-order valence-electron chi connectivity index (χ3n) is 4.63. The fourth-order valence-corrected chi connectivity index (χ4v) is 3.05. The monoisotopic (exact) mass is 382 g/mol. The Hall–Kier alpha value is -2.24. The van der Waals surface area contributed by atoms with Crippen molar-refractivity contribution in [2.45, 2.75) is 36.6 Å². The van der Waals surface area contributed by atoms with E-state index in [1.54, 1.807) is 12.1 Å². The Morgan fingerprint density at radius 3 is 2.59 bits per heavy atom. The van der Waals surface area contributed by atoms with Gasteiger partial charge in [-0.05, 0) is 24.1 Å². The van der Waals surface area contributed by atoms with Gasteiger partial charge < -0.3 is 40.5 Å². The lowest BCUT2D eigenvalue weighted by molar-refractivity contribution is -0.229. The molecule has 5 atom stereocenters. The molecule has 3 rings (SSSR count). The van der Waals surface area contributed by atoms with E-state index in [2.05, 4.69) is 10.6 Å². The van der Waals surface area contributed by atoms with E-state index in [1.807, 2.05) is 0 Å². The van der Waals surface area contributed by atoms with Crippen molar-refractivity contribution in [2.75, 3.05) is 19.7 Å². The first kappa shape index (κ1) is 19.5. The molecule has 2 saturated heterocycles. The second-order valence-corrected chi connectivity index (χ2v) is 6.64. The van der Waals surface area contributed by atoms with Crippen LogP contribution in [0.15, 0.2) is 24.3 Å². The number of aliphatic hydroxyl groups excluding tert-OH is 2. The topological polar surface area (TPSA) is 158 Å². The molecule has 2 fully saturated rings. The van der Waals surface area contributed by atoms with E-state index in [-0.39, 0.29) is 31.9 Å². The molecule has 2 aliphatic rings. The minimum absolute atomic E-state index is 0.0782. The first-order chi connectivity index (χ1) is 12.8. The van der Waals surface area contributed by atoms with Gasteiger partial charge in [-0.1, -0.05) is 12.1 Å². The molecule has 2 bridgehead atoms. The molecule has 1 aromatic rings. The van der Waals surface area contributed by atoms with Crippen LogP contribution in [0, 0.1) is 0 Å². The van der Waals surface area contributed by atoms with Gasteiger partial charge in [0.1, 0.15) is 37.2 Å². The van der Waals surface area contributed by atoms with Crippen LogP contribution in [0.4, 0.5) is 0 Å². The van der Waals surface area contributed by atoms with Gasteiger partial charge in [-0.3, -0.25) is 9.59 Å².